The van der Waals surface area contributed by atoms with Gasteiger partial charge >= 0.3 is 6.09 Å². The molecule has 2 aromatic carbocycles. The lowest BCUT2D eigenvalue weighted by Gasteiger charge is -2.30. The molecule has 0 radical (unpaired) electrons. The topological polar surface area (TPSA) is 138 Å². The quantitative estimate of drug-likeness (QED) is 0.299. The van der Waals surface area contributed by atoms with Gasteiger partial charge in [0.1, 0.15) is 12.4 Å². The molecule has 2 aliphatic rings. The van der Waals surface area contributed by atoms with Gasteiger partial charge in [0.25, 0.3) is 0 Å². The van der Waals surface area contributed by atoms with Crippen molar-refractivity contribution in [3.8, 4) is 17.2 Å². The molecule has 13 heteroatoms. The number of sulfonamides is 1. The average molecular weight is 596 g/mol. The zero-order chi connectivity index (χ0) is 28.7. The predicted octanol–water partition coefficient (Wildman–Crippen LogP) is 2.69. The summed E-state index contributed by atoms with van der Waals surface area (Å²) in [6.07, 6.45) is -2.45. The second kappa shape index (κ2) is 13.8. The number of hydrogen-bond donors (Lipinski definition) is 3. The van der Waals surface area contributed by atoms with Gasteiger partial charge < -0.3 is 29.7 Å². The van der Waals surface area contributed by atoms with Crippen LogP contribution in [0.25, 0.3) is 0 Å². The first kappa shape index (κ1) is 30.3. The van der Waals surface area contributed by atoms with E-state index in [0.717, 1.165) is 30.3 Å². The summed E-state index contributed by atoms with van der Waals surface area (Å²) >= 11 is 1.91. The SMILES string of the molecule is CC(C)CN(C[C@H](O)[C@H](Cc1ccc(OCCN2CCSC2)cc1)NC(=O)O)S(=O)(=O)c1ccc2c(c1)OCO2. The van der Waals surface area contributed by atoms with Crippen LogP contribution in [0.15, 0.2) is 47.4 Å². The van der Waals surface area contributed by atoms with Gasteiger partial charge in [-0.2, -0.15) is 4.31 Å². The van der Waals surface area contributed by atoms with Crippen LogP contribution in [-0.2, 0) is 16.4 Å². The number of fused-ring (bicyclic) bond motifs is 1. The molecule has 4 rings (SSSR count). The van der Waals surface area contributed by atoms with E-state index in [1.165, 1.54) is 22.5 Å². The van der Waals surface area contributed by atoms with Crippen molar-refractivity contribution >= 4 is 27.9 Å². The Morgan fingerprint density at radius 1 is 1.15 bits per heavy atom. The number of ether oxygens (including phenoxy) is 3. The normalized spacial score (nSPS) is 16.8. The Hall–Kier alpha value is -2.71. The summed E-state index contributed by atoms with van der Waals surface area (Å²) in [5.74, 6) is 3.62. The number of carbonyl (C=O) groups is 1. The first-order valence-corrected chi connectivity index (χ1v) is 15.8. The van der Waals surface area contributed by atoms with E-state index < -0.39 is 28.3 Å². The van der Waals surface area contributed by atoms with Crippen molar-refractivity contribution in [2.75, 3.05) is 51.2 Å². The number of aliphatic hydroxyl groups excluding tert-OH is 1. The molecule has 2 aromatic rings. The molecule has 0 bridgehead atoms. The van der Waals surface area contributed by atoms with Crippen molar-refractivity contribution in [3.05, 3.63) is 48.0 Å². The molecule has 3 N–H and O–H groups in total. The summed E-state index contributed by atoms with van der Waals surface area (Å²) in [7, 11) is -4.03. The van der Waals surface area contributed by atoms with E-state index >= 15 is 0 Å². The first-order valence-electron chi connectivity index (χ1n) is 13.2. The van der Waals surface area contributed by atoms with E-state index in [2.05, 4.69) is 10.2 Å². The number of amides is 1. The number of carboxylic acid groups (broad SMARTS) is 1. The molecule has 0 aliphatic carbocycles. The van der Waals surface area contributed by atoms with Crippen molar-refractivity contribution in [1.29, 1.82) is 0 Å². The standard InChI is InChI=1S/C27H37N3O8S2/c1-19(2)15-30(40(34,35)22-7-8-25-26(14-22)38-18-37-25)16-24(31)23(28-27(32)33)13-20-3-5-21(6-4-20)36-11-9-29-10-12-39-17-29/h3-8,14,19,23-24,28,31H,9-13,15-18H2,1-2H3,(H,32,33)/t23-,24-/m0/s1. The zero-order valence-corrected chi connectivity index (χ0v) is 24.3. The molecule has 11 nitrogen and oxygen atoms in total. The smallest absolute Gasteiger partial charge is 0.404 e. The average Bonchev–Trinajstić information content (AvgIpc) is 3.60. The van der Waals surface area contributed by atoms with Crippen LogP contribution in [-0.4, -0.2) is 97.3 Å². The van der Waals surface area contributed by atoms with Gasteiger partial charge in [0.15, 0.2) is 11.5 Å². The number of nitrogens with zero attached hydrogens (tertiary/aromatic N) is 2. The molecule has 2 heterocycles. The van der Waals surface area contributed by atoms with E-state index in [4.69, 9.17) is 14.2 Å². The van der Waals surface area contributed by atoms with Crippen LogP contribution in [0, 0.1) is 5.92 Å². The van der Waals surface area contributed by atoms with E-state index in [9.17, 15) is 23.4 Å². The highest BCUT2D eigenvalue weighted by Gasteiger charge is 2.32. The highest BCUT2D eigenvalue weighted by molar-refractivity contribution is 7.99. The van der Waals surface area contributed by atoms with Crippen LogP contribution in [0.4, 0.5) is 4.79 Å². The summed E-state index contributed by atoms with van der Waals surface area (Å²) in [4.78, 5) is 13.9. The maximum absolute atomic E-state index is 13.6. The van der Waals surface area contributed by atoms with Crippen molar-refractivity contribution in [3.63, 3.8) is 0 Å². The van der Waals surface area contributed by atoms with Gasteiger partial charge in [-0.05, 0) is 42.2 Å². The third-order valence-corrected chi connectivity index (χ3v) is 9.44. The van der Waals surface area contributed by atoms with E-state index in [1.54, 1.807) is 0 Å². The second-order valence-corrected chi connectivity index (χ2v) is 13.2. The van der Waals surface area contributed by atoms with Crippen LogP contribution in [0.2, 0.25) is 0 Å². The fourth-order valence-electron chi connectivity index (χ4n) is 4.54. The van der Waals surface area contributed by atoms with E-state index in [1.807, 2.05) is 49.9 Å². The third kappa shape index (κ3) is 8.16. The first-order chi connectivity index (χ1) is 19.1. The largest absolute Gasteiger partial charge is 0.492 e. The van der Waals surface area contributed by atoms with Crippen LogP contribution in [0.5, 0.6) is 17.2 Å². The Balaban J connectivity index is 1.43. The molecular formula is C27H37N3O8S2. The van der Waals surface area contributed by atoms with E-state index in [-0.39, 0.29) is 37.1 Å². The van der Waals surface area contributed by atoms with Crippen LogP contribution in [0.3, 0.4) is 0 Å². The van der Waals surface area contributed by atoms with E-state index in [0.29, 0.717) is 23.9 Å². The molecule has 0 unspecified atom stereocenters. The van der Waals surface area contributed by atoms with Crippen LogP contribution >= 0.6 is 11.8 Å². The Morgan fingerprint density at radius 3 is 2.58 bits per heavy atom. The van der Waals surface area contributed by atoms with Crippen molar-refractivity contribution < 1.29 is 37.6 Å². The lowest BCUT2D eigenvalue weighted by molar-refractivity contribution is 0.0980. The minimum absolute atomic E-state index is 0.00594. The predicted molar refractivity (Wildman–Crippen MR) is 152 cm³/mol. The van der Waals surface area contributed by atoms with Gasteiger partial charge in [0.05, 0.1) is 17.0 Å². The molecule has 2 aliphatic heterocycles. The van der Waals surface area contributed by atoms with Gasteiger partial charge in [-0.1, -0.05) is 26.0 Å². The fourth-order valence-corrected chi connectivity index (χ4v) is 7.21. The lowest BCUT2D eigenvalue weighted by atomic mass is 10.0. The highest BCUT2D eigenvalue weighted by Crippen LogP contribution is 2.35. The maximum atomic E-state index is 13.6. The molecule has 1 saturated heterocycles. The number of benzene rings is 2. The van der Waals surface area contributed by atoms with Crippen LogP contribution < -0.4 is 19.5 Å². The second-order valence-electron chi connectivity index (χ2n) is 10.2. The third-order valence-electron chi connectivity index (χ3n) is 6.60. The summed E-state index contributed by atoms with van der Waals surface area (Å²) in [5, 5.41) is 22.9. The molecular weight excluding hydrogens is 558 g/mol. The summed E-state index contributed by atoms with van der Waals surface area (Å²) < 4.78 is 44.8. The number of hydrogen-bond acceptors (Lipinski definition) is 9. The van der Waals surface area contributed by atoms with Gasteiger partial charge in [0, 0.05) is 43.9 Å². The molecule has 0 aromatic heterocycles. The summed E-state index contributed by atoms with van der Waals surface area (Å²) in [6.45, 7) is 6.09. The molecule has 1 fully saturated rings. The summed E-state index contributed by atoms with van der Waals surface area (Å²) in [5.41, 5.74) is 0.773. The van der Waals surface area contributed by atoms with Gasteiger partial charge in [-0.3, -0.25) is 4.90 Å². The zero-order valence-electron chi connectivity index (χ0n) is 22.7. The van der Waals surface area contributed by atoms with Gasteiger partial charge in [-0.15, -0.1) is 11.8 Å². The molecule has 220 valence electrons. The van der Waals surface area contributed by atoms with Crippen molar-refractivity contribution in [2.24, 2.45) is 5.92 Å². The Labute approximate surface area is 239 Å². The Kier molecular flexibility index (Phi) is 10.4. The van der Waals surface area contributed by atoms with Crippen molar-refractivity contribution in [2.45, 2.75) is 37.3 Å². The minimum atomic E-state index is -4.03. The maximum Gasteiger partial charge on any atom is 0.404 e. The Morgan fingerprint density at radius 2 is 1.90 bits per heavy atom. The van der Waals surface area contributed by atoms with Crippen LogP contribution in [0.1, 0.15) is 19.4 Å². The molecule has 40 heavy (non-hydrogen) atoms. The molecule has 0 spiro atoms. The fraction of sp³-hybridized carbons (Fsp3) is 0.519. The molecule has 0 saturated carbocycles. The highest BCUT2D eigenvalue weighted by atomic mass is 32.2. The number of aliphatic hydroxyl groups is 1. The molecule has 2 atom stereocenters. The number of rotatable bonds is 14. The number of thioether (sulfide) groups is 1. The molecule has 1 amide bonds. The van der Waals surface area contributed by atoms with Gasteiger partial charge in [-0.25, -0.2) is 13.2 Å². The minimum Gasteiger partial charge on any atom is -0.492 e. The summed E-state index contributed by atoms with van der Waals surface area (Å²) in [6, 6.07) is 10.7. The lowest BCUT2D eigenvalue weighted by Crippen LogP contribution is -2.50. The van der Waals surface area contributed by atoms with Gasteiger partial charge in [0.2, 0.25) is 16.8 Å². The monoisotopic (exact) mass is 595 g/mol. The van der Waals surface area contributed by atoms with Crippen molar-refractivity contribution in [1.82, 2.24) is 14.5 Å². The Bertz CT molecular complexity index is 1240. The number of nitrogens with one attached hydrogen (secondary N) is 1.